The van der Waals surface area contributed by atoms with Gasteiger partial charge in [-0.05, 0) is 39.7 Å². The second-order valence-corrected chi connectivity index (χ2v) is 11.0. The smallest absolute Gasteiger partial charge is 0.448 e. The van der Waals surface area contributed by atoms with E-state index in [0.29, 0.717) is 24.6 Å². The quantitative estimate of drug-likeness (QED) is 0.274. The molecule has 1 aliphatic heterocycles. The summed E-state index contributed by atoms with van der Waals surface area (Å²) in [6, 6.07) is 6.11. The first-order valence-corrected chi connectivity index (χ1v) is 13.1. The first-order chi connectivity index (χ1) is 16.2. The van der Waals surface area contributed by atoms with E-state index in [1.54, 1.807) is 39.0 Å². The summed E-state index contributed by atoms with van der Waals surface area (Å²) in [5.74, 6) is -0.672. The molecule has 2 fully saturated rings. The summed E-state index contributed by atoms with van der Waals surface area (Å²) in [5.41, 5.74) is 0.833. The van der Waals surface area contributed by atoms with Crippen molar-refractivity contribution in [2.45, 2.75) is 52.9 Å². The summed E-state index contributed by atoms with van der Waals surface area (Å²) in [6.45, 7) is 5.78. The minimum atomic E-state index is -3.70. The van der Waals surface area contributed by atoms with E-state index in [1.807, 2.05) is 0 Å². The Morgan fingerprint density at radius 1 is 1.18 bits per heavy atom. The van der Waals surface area contributed by atoms with E-state index in [0.717, 1.165) is 25.7 Å². The highest BCUT2D eigenvalue weighted by molar-refractivity contribution is 7.69. The van der Waals surface area contributed by atoms with E-state index in [1.165, 1.54) is 12.5 Å². The lowest BCUT2D eigenvalue weighted by Gasteiger charge is -2.40. The number of para-hydroxylation sites is 1. The number of pyridine rings is 1. The Balaban J connectivity index is 1.92. The van der Waals surface area contributed by atoms with Crippen molar-refractivity contribution in [1.82, 2.24) is 4.98 Å². The van der Waals surface area contributed by atoms with Crippen molar-refractivity contribution < 1.29 is 28.4 Å². The zero-order valence-corrected chi connectivity index (χ0v) is 20.6. The van der Waals surface area contributed by atoms with Crippen LogP contribution in [0.15, 0.2) is 24.3 Å². The Morgan fingerprint density at radius 2 is 1.82 bits per heavy atom. The summed E-state index contributed by atoms with van der Waals surface area (Å²) in [5, 5.41) is 12.1. The number of aryl methyl sites for hydroxylation is 2. The molecule has 1 saturated heterocycles. The Labute approximate surface area is 199 Å². The molecule has 1 aromatic carbocycles. The third-order valence-corrected chi connectivity index (χ3v) is 8.74. The number of nitrogens with zero attached hydrogens (tertiary/aromatic N) is 2. The van der Waals surface area contributed by atoms with Crippen LogP contribution < -0.4 is 5.30 Å². The summed E-state index contributed by atoms with van der Waals surface area (Å²) in [4.78, 5) is 40.7. The van der Waals surface area contributed by atoms with Crippen LogP contribution >= 0.6 is 7.94 Å². The van der Waals surface area contributed by atoms with Crippen LogP contribution in [0.1, 0.15) is 60.8 Å². The highest BCUT2D eigenvalue weighted by atomic mass is 31.2. The van der Waals surface area contributed by atoms with Crippen LogP contribution in [0.4, 0.5) is 5.69 Å². The molecule has 0 atom stereocenters. The summed E-state index contributed by atoms with van der Waals surface area (Å²) in [6.07, 6.45) is 5.27. The van der Waals surface area contributed by atoms with Gasteiger partial charge in [-0.1, -0.05) is 31.4 Å². The average molecular weight is 489 g/mol. The molecule has 4 rings (SSSR count). The molecular formula is C24H30N2O7P+. The highest BCUT2D eigenvalue weighted by Crippen LogP contribution is 2.64. The van der Waals surface area contributed by atoms with Crippen LogP contribution in [-0.2, 0) is 13.8 Å². The molecule has 2 heterocycles. The molecule has 1 aliphatic carbocycles. The van der Waals surface area contributed by atoms with E-state index in [-0.39, 0.29) is 39.7 Å². The maximum absolute atomic E-state index is 13.1. The van der Waals surface area contributed by atoms with Crippen LogP contribution in [0.25, 0.3) is 11.1 Å². The fraction of sp³-hybridized carbons (Fsp3) is 0.500. The molecule has 1 saturated carbocycles. The lowest BCUT2D eigenvalue weighted by atomic mass is 9.75. The Kier molecular flexibility index (Phi) is 7.01. The molecule has 1 N–H and O–H groups in total. The van der Waals surface area contributed by atoms with Gasteiger partial charge in [0.1, 0.15) is 13.2 Å². The van der Waals surface area contributed by atoms with E-state index < -0.39 is 18.8 Å². The molecule has 182 valence electrons. The predicted octanol–water partition coefficient (Wildman–Crippen LogP) is 4.83. The highest BCUT2D eigenvalue weighted by Gasteiger charge is 2.57. The van der Waals surface area contributed by atoms with Crippen LogP contribution in [-0.4, -0.2) is 40.6 Å². The molecule has 9 nitrogen and oxygen atoms in total. The van der Waals surface area contributed by atoms with Gasteiger partial charge in [0.15, 0.2) is 0 Å². The Hall–Kier alpha value is -2.45. The summed E-state index contributed by atoms with van der Waals surface area (Å²) >= 11 is 0. The van der Waals surface area contributed by atoms with Crippen molar-refractivity contribution in [2.75, 3.05) is 19.8 Å². The SMILES string of the molecule is CCOC(=O)c1c(C)nc(C)c([P+]2(O)OCC3(CCCCC3)CO2)c1-c1ccccc1[N+](=O)[O-]. The first kappa shape index (κ1) is 24.7. The molecule has 0 unspecified atom stereocenters. The molecule has 1 spiro atoms. The molecule has 2 aliphatic rings. The van der Waals surface area contributed by atoms with Gasteiger partial charge in [0.25, 0.3) is 5.69 Å². The fourth-order valence-corrected chi connectivity index (χ4v) is 7.20. The van der Waals surface area contributed by atoms with Gasteiger partial charge in [0, 0.05) is 11.5 Å². The third kappa shape index (κ3) is 4.45. The van der Waals surface area contributed by atoms with Crippen molar-refractivity contribution in [3.8, 4) is 11.1 Å². The van der Waals surface area contributed by atoms with Gasteiger partial charge in [-0.3, -0.25) is 15.1 Å². The van der Waals surface area contributed by atoms with Gasteiger partial charge in [-0.15, -0.1) is 0 Å². The largest absolute Gasteiger partial charge is 0.462 e. The molecule has 10 heteroatoms. The number of carbonyl (C=O) groups is 1. The predicted molar refractivity (Wildman–Crippen MR) is 128 cm³/mol. The molecule has 0 bridgehead atoms. The van der Waals surface area contributed by atoms with Crippen LogP contribution in [0, 0.1) is 29.4 Å². The summed E-state index contributed by atoms with van der Waals surface area (Å²) in [7, 11) is -3.70. The van der Waals surface area contributed by atoms with Gasteiger partial charge in [0.05, 0.1) is 39.6 Å². The minimum Gasteiger partial charge on any atom is -0.462 e. The van der Waals surface area contributed by atoms with Crippen LogP contribution in [0.3, 0.4) is 0 Å². The van der Waals surface area contributed by atoms with Crippen molar-refractivity contribution in [3.63, 3.8) is 0 Å². The number of esters is 1. The van der Waals surface area contributed by atoms with Crippen molar-refractivity contribution in [3.05, 3.63) is 51.3 Å². The topological polar surface area (TPSA) is 121 Å². The lowest BCUT2D eigenvalue weighted by Crippen LogP contribution is -2.41. The zero-order chi connectivity index (χ0) is 24.5. The normalized spacial score (nSPS) is 19.1. The molecular weight excluding hydrogens is 459 g/mol. The first-order valence-electron chi connectivity index (χ1n) is 11.5. The number of ether oxygens (including phenoxy) is 1. The molecule has 2 aromatic rings. The maximum Gasteiger partial charge on any atom is 0.448 e. The standard InChI is InChI=1S/C24H30N2O7P/c1-4-31-23(27)20-16(2)25-17(3)22(21(20)18-10-6-7-11-19(18)26(28)29)34(30)32-14-24(15-33-34)12-8-5-9-13-24/h6-7,10-11,30H,4-5,8-9,12-15H2,1-3H3/q+1. The number of rotatable bonds is 5. The number of benzene rings is 1. The summed E-state index contributed by atoms with van der Waals surface area (Å²) < 4.78 is 17.5. The van der Waals surface area contributed by atoms with Gasteiger partial charge in [-0.2, -0.15) is 13.9 Å². The van der Waals surface area contributed by atoms with E-state index in [4.69, 9.17) is 13.8 Å². The Morgan fingerprint density at radius 3 is 2.44 bits per heavy atom. The fourth-order valence-electron chi connectivity index (χ4n) is 4.99. The van der Waals surface area contributed by atoms with Crippen LogP contribution in [0.2, 0.25) is 0 Å². The van der Waals surface area contributed by atoms with Crippen LogP contribution in [0.5, 0.6) is 0 Å². The molecule has 0 radical (unpaired) electrons. The van der Waals surface area contributed by atoms with Crippen molar-refractivity contribution in [1.29, 1.82) is 0 Å². The molecule has 34 heavy (non-hydrogen) atoms. The average Bonchev–Trinajstić information content (AvgIpc) is 2.81. The van der Waals surface area contributed by atoms with Crippen molar-refractivity contribution >= 4 is 24.9 Å². The minimum absolute atomic E-state index is 0.0651. The number of carbonyl (C=O) groups excluding carboxylic acids is 1. The molecule has 1 aromatic heterocycles. The van der Waals surface area contributed by atoms with Gasteiger partial charge >= 0.3 is 13.9 Å². The van der Waals surface area contributed by atoms with E-state index in [2.05, 4.69) is 4.98 Å². The van der Waals surface area contributed by atoms with Gasteiger partial charge < -0.3 is 4.74 Å². The molecule has 0 amide bonds. The maximum atomic E-state index is 13.1. The van der Waals surface area contributed by atoms with Gasteiger partial charge in [-0.25, -0.2) is 4.79 Å². The number of aromatic nitrogens is 1. The monoisotopic (exact) mass is 489 g/mol. The number of hydrogen-bond donors (Lipinski definition) is 1. The number of hydrogen-bond acceptors (Lipinski definition) is 8. The van der Waals surface area contributed by atoms with Gasteiger partial charge in [0.2, 0.25) is 5.30 Å². The number of nitro groups is 1. The van der Waals surface area contributed by atoms with Crippen molar-refractivity contribution in [2.24, 2.45) is 5.41 Å². The van der Waals surface area contributed by atoms with E-state index in [9.17, 15) is 19.8 Å². The van der Waals surface area contributed by atoms with E-state index >= 15 is 0 Å². The lowest BCUT2D eigenvalue weighted by molar-refractivity contribution is -0.384. The second kappa shape index (κ2) is 9.66. The zero-order valence-electron chi connectivity index (χ0n) is 19.7. The Bertz CT molecular complexity index is 1100. The second-order valence-electron chi connectivity index (χ2n) is 9.00. The third-order valence-electron chi connectivity index (χ3n) is 6.66. The number of nitro benzene ring substituents is 1.